The molecule has 0 radical (unpaired) electrons. The molecule has 0 aliphatic carbocycles. The quantitative estimate of drug-likeness (QED) is 0.756. The Morgan fingerprint density at radius 3 is 2.81 bits per heavy atom. The Morgan fingerprint density at radius 2 is 2.06 bits per heavy atom. The molecule has 0 amide bonds. The second-order valence-electron chi connectivity index (χ2n) is 3.72. The van der Waals surface area contributed by atoms with E-state index in [1.165, 1.54) is 11.0 Å². The predicted molar refractivity (Wildman–Crippen MR) is 73.8 cm³/mol. The molecule has 0 aliphatic rings. The van der Waals surface area contributed by atoms with E-state index in [1.54, 1.807) is 0 Å². The van der Waals surface area contributed by atoms with E-state index in [1.807, 2.05) is 18.2 Å². The van der Waals surface area contributed by atoms with Crippen molar-refractivity contribution in [1.82, 2.24) is 4.98 Å². The van der Waals surface area contributed by atoms with Gasteiger partial charge in [0.05, 0.1) is 11.2 Å². The molecule has 1 nitrogen and oxygen atoms in total. The molecule has 0 saturated carbocycles. The van der Waals surface area contributed by atoms with Crippen LogP contribution in [0.3, 0.4) is 0 Å². The first-order chi connectivity index (χ1) is 7.83. The van der Waals surface area contributed by atoms with Crippen LogP contribution in [0.5, 0.6) is 0 Å². The van der Waals surface area contributed by atoms with Gasteiger partial charge in [0.1, 0.15) is 0 Å². The molecule has 0 saturated heterocycles. The molecule has 0 aliphatic heterocycles. The number of hydrogen-bond donors (Lipinski definition) is 0. The van der Waals surface area contributed by atoms with Crippen LogP contribution in [0.1, 0.15) is 19.0 Å². The number of para-hydroxylation sites is 1. The molecule has 0 N–H and O–H groups in total. The van der Waals surface area contributed by atoms with Crippen LogP contribution in [-0.4, -0.2) is 10.3 Å². The van der Waals surface area contributed by atoms with Crippen LogP contribution in [-0.2, 0) is 0 Å². The molecule has 82 valence electrons. The molecular formula is C14H14BrN. The van der Waals surface area contributed by atoms with Gasteiger partial charge in [-0.1, -0.05) is 52.7 Å². The van der Waals surface area contributed by atoms with Crippen LogP contribution in [0.15, 0.2) is 42.0 Å². The van der Waals surface area contributed by atoms with Crippen molar-refractivity contribution in [2.75, 3.05) is 5.33 Å². The molecule has 0 bridgehead atoms. The maximum atomic E-state index is 4.61. The lowest BCUT2D eigenvalue weighted by molar-refractivity contribution is 1.12. The van der Waals surface area contributed by atoms with Crippen LogP contribution >= 0.6 is 15.9 Å². The minimum absolute atomic E-state index is 0.915. The van der Waals surface area contributed by atoms with Gasteiger partial charge in [-0.25, -0.2) is 4.98 Å². The third kappa shape index (κ3) is 2.50. The van der Waals surface area contributed by atoms with Gasteiger partial charge in [-0.3, -0.25) is 0 Å². The lowest BCUT2D eigenvalue weighted by Crippen LogP contribution is -1.86. The second kappa shape index (κ2) is 5.26. The smallest absolute Gasteiger partial charge is 0.0709 e. The topological polar surface area (TPSA) is 12.9 Å². The summed E-state index contributed by atoms with van der Waals surface area (Å²) in [6, 6.07) is 12.4. The molecule has 1 heterocycles. The van der Waals surface area contributed by atoms with Crippen molar-refractivity contribution in [3.8, 4) is 0 Å². The van der Waals surface area contributed by atoms with Crippen molar-refractivity contribution in [2.24, 2.45) is 0 Å². The standard InChI is InChI=1S/C14H14BrN/c1-2-11(10-15)9-13-8-7-12-5-3-4-6-14(12)16-13/h3-9H,2,10H2,1H3. The van der Waals surface area contributed by atoms with Crippen molar-refractivity contribution in [3.63, 3.8) is 0 Å². The number of hydrogen-bond acceptors (Lipinski definition) is 1. The molecular weight excluding hydrogens is 262 g/mol. The largest absolute Gasteiger partial charge is 0.248 e. The molecule has 1 aromatic carbocycles. The predicted octanol–water partition coefficient (Wildman–Crippen LogP) is 4.42. The summed E-state index contributed by atoms with van der Waals surface area (Å²) >= 11 is 3.49. The molecule has 1 aromatic heterocycles. The lowest BCUT2D eigenvalue weighted by Gasteiger charge is -2.01. The number of allylic oxidation sites excluding steroid dienone is 1. The van der Waals surface area contributed by atoms with E-state index in [4.69, 9.17) is 0 Å². The first kappa shape index (κ1) is 11.3. The fraction of sp³-hybridized carbons (Fsp3) is 0.214. The Labute approximate surface area is 104 Å². The third-order valence-corrected chi connectivity index (χ3v) is 3.32. The van der Waals surface area contributed by atoms with Crippen molar-refractivity contribution in [2.45, 2.75) is 13.3 Å². The van der Waals surface area contributed by atoms with E-state index in [0.717, 1.165) is 23.0 Å². The van der Waals surface area contributed by atoms with Crippen LogP contribution in [0.2, 0.25) is 0 Å². The Morgan fingerprint density at radius 1 is 1.25 bits per heavy atom. The number of fused-ring (bicyclic) bond motifs is 1. The highest BCUT2D eigenvalue weighted by molar-refractivity contribution is 9.09. The summed E-state index contributed by atoms with van der Waals surface area (Å²) in [6.45, 7) is 2.16. The van der Waals surface area contributed by atoms with Crippen LogP contribution in [0.25, 0.3) is 17.0 Å². The van der Waals surface area contributed by atoms with E-state index in [9.17, 15) is 0 Å². The SMILES string of the molecule is CCC(=Cc1ccc2ccccc2n1)CBr. The average Bonchev–Trinajstić information content (AvgIpc) is 2.35. The van der Waals surface area contributed by atoms with Gasteiger partial charge in [0, 0.05) is 10.7 Å². The molecule has 2 heteroatoms. The average molecular weight is 276 g/mol. The zero-order valence-corrected chi connectivity index (χ0v) is 10.9. The molecule has 0 fully saturated rings. The van der Waals surface area contributed by atoms with Gasteiger partial charge in [0.2, 0.25) is 0 Å². The van der Waals surface area contributed by atoms with Gasteiger partial charge in [-0.05, 0) is 24.6 Å². The molecule has 0 spiro atoms. The summed E-state index contributed by atoms with van der Waals surface area (Å²) in [5.74, 6) is 0. The maximum Gasteiger partial charge on any atom is 0.0709 e. The van der Waals surface area contributed by atoms with Crippen LogP contribution < -0.4 is 0 Å². The third-order valence-electron chi connectivity index (χ3n) is 2.60. The first-order valence-electron chi connectivity index (χ1n) is 5.44. The van der Waals surface area contributed by atoms with E-state index < -0.39 is 0 Å². The fourth-order valence-corrected chi connectivity index (χ4v) is 2.16. The molecule has 2 aromatic rings. The number of rotatable bonds is 3. The Balaban J connectivity index is 2.43. The molecule has 0 atom stereocenters. The zero-order chi connectivity index (χ0) is 11.4. The zero-order valence-electron chi connectivity index (χ0n) is 9.28. The monoisotopic (exact) mass is 275 g/mol. The summed E-state index contributed by atoms with van der Waals surface area (Å²) < 4.78 is 0. The summed E-state index contributed by atoms with van der Waals surface area (Å²) in [6.07, 6.45) is 3.21. The van der Waals surface area contributed by atoms with Gasteiger partial charge in [-0.2, -0.15) is 0 Å². The van der Waals surface area contributed by atoms with Gasteiger partial charge >= 0.3 is 0 Å². The van der Waals surface area contributed by atoms with Crippen LogP contribution in [0.4, 0.5) is 0 Å². The minimum atomic E-state index is 0.915. The van der Waals surface area contributed by atoms with E-state index in [0.29, 0.717) is 0 Å². The molecule has 2 rings (SSSR count). The van der Waals surface area contributed by atoms with Crippen molar-refractivity contribution >= 4 is 32.9 Å². The molecule has 0 unspecified atom stereocenters. The highest BCUT2D eigenvalue weighted by Crippen LogP contribution is 2.15. The summed E-state index contributed by atoms with van der Waals surface area (Å²) in [4.78, 5) is 4.61. The van der Waals surface area contributed by atoms with Crippen LogP contribution in [0, 0.1) is 0 Å². The number of alkyl halides is 1. The van der Waals surface area contributed by atoms with Gasteiger partial charge in [0.25, 0.3) is 0 Å². The van der Waals surface area contributed by atoms with Crippen molar-refractivity contribution in [1.29, 1.82) is 0 Å². The number of halogens is 1. The van der Waals surface area contributed by atoms with Crippen molar-refractivity contribution in [3.05, 3.63) is 47.7 Å². The maximum absolute atomic E-state index is 4.61. The number of nitrogens with zero attached hydrogens (tertiary/aromatic N) is 1. The summed E-state index contributed by atoms with van der Waals surface area (Å²) in [7, 11) is 0. The van der Waals surface area contributed by atoms with Crippen molar-refractivity contribution < 1.29 is 0 Å². The number of benzene rings is 1. The second-order valence-corrected chi connectivity index (χ2v) is 4.28. The van der Waals surface area contributed by atoms with E-state index >= 15 is 0 Å². The minimum Gasteiger partial charge on any atom is -0.248 e. The van der Waals surface area contributed by atoms with Gasteiger partial charge in [-0.15, -0.1) is 0 Å². The van der Waals surface area contributed by atoms with Gasteiger partial charge < -0.3 is 0 Å². The van der Waals surface area contributed by atoms with E-state index in [2.05, 4.69) is 52.1 Å². The highest BCUT2D eigenvalue weighted by atomic mass is 79.9. The number of aromatic nitrogens is 1. The Bertz CT molecular complexity index is 511. The molecule has 16 heavy (non-hydrogen) atoms. The normalized spacial score (nSPS) is 12.0. The highest BCUT2D eigenvalue weighted by Gasteiger charge is 1.97. The first-order valence-corrected chi connectivity index (χ1v) is 6.57. The number of pyridine rings is 1. The Kier molecular flexibility index (Phi) is 3.73. The lowest BCUT2D eigenvalue weighted by atomic mass is 10.1. The summed E-state index contributed by atoms with van der Waals surface area (Å²) in [5, 5.41) is 2.11. The van der Waals surface area contributed by atoms with Gasteiger partial charge in [0.15, 0.2) is 0 Å². The Hall–Kier alpha value is -1.15. The fourth-order valence-electron chi connectivity index (χ4n) is 1.61. The van der Waals surface area contributed by atoms with E-state index in [-0.39, 0.29) is 0 Å². The summed E-state index contributed by atoms with van der Waals surface area (Å²) in [5.41, 5.74) is 3.46.